The first-order chi connectivity index (χ1) is 12.2. The number of nitrogens with zero attached hydrogens (tertiary/aromatic N) is 6. The Morgan fingerprint density at radius 3 is 2.60 bits per heavy atom. The predicted molar refractivity (Wildman–Crippen MR) is 97.7 cm³/mol. The van der Waals surface area contributed by atoms with Gasteiger partial charge in [-0.2, -0.15) is 9.78 Å². The van der Waals surface area contributed by atoms with Crippen molar-refractivity contribution in [3.8, 4) is 5.69 Å². The number of hydrogen-bond acceptors (Lipinski definition) is 6. The van der Waals surface area contributed by atoms with E-state index >= 15 is 0 Å². The molecule has 0 saturated carbocycles. The molecule has 0 N–H and O–H groups in total. The van der Waals surface area contributed by atoms with Crippen LogP contribution in [0.4, 0.5) is 0 Å². The van der Waals surface area contributed by atoms with Gasteiger partial charge in [0.25, 0.3) is 0 Å². The van der Waals surface area contributed by atoms with Crippen LogP contribution in [0.3, 0.4) is 0 Å². The molecule has 0 saturated heterocycles. The highest BCUT2D eigenvalue weighted by Gasteiger charge is 2.14. The molecule has 4 rings (SSSR count). The fourth-order valence-corrected chi connectivity index (χ4v) is 3.74. The van der Waals surface area contributed by atoms with E-state index in [9.17, 15) is 0 Å². The van der Waals surface area contributed by atoms with Crippen LogP contribution in [-0.4, -0.2) is 30.4 Å². The lowest BCUT2D eigenvalue weighted by Crippen LogP contribution is -2.06. The lowest BCUT2D eigenvalue weighted by Gasteiger charge is -2.10. The molecule has 0 radical (unpaired) electrons. The summed E-state index contributed by atoms with van der Waals surface area (Å²) in [5.74, 6) is 1.40. The second kappa shape index (κ2) is 6.60. The summed E-state index contributed by atoms with van der Waals surface area (Å²) in [6.07, 6.45) is 1.78. The summed E-state index contributed by atoms with van der Waals surface area (Å²) in [5, 5.41) is 23.7. The molecule has 0 aliphatic carbocycles. The van der Waals surface area contributed by atoms with Crippen molar-refractivity contribution >= 4 is 22.5 Å². The van der Waals surface area contributed by atoms with Crippen LogP contribution >= 0.6 is 11.8 Å². The van der Waals surface area contributed by atoms with E-state index in [1.807, 2.05) is 28.9 Å². The van der Waals surface area contributed by atoms with Crippen LogP contribution in [0.2, 0.25) is 0 Å². The monoisotopic (exact) mass is 348 g/mol. The average molecular weight is 348 g/mol. The van der Waals surface area contributed by atoms with E-state index in [2.05, 4.69) is 57.8 Å². The van der Waals surface area contributed by atoms with Crippen molar-refractivity contribution in [3.05, 3.63) is 65.6 Å². The maximum atomic E-state index is 4.28. The number of hydrogen-bond donors (Lipinski definition) is 0. The molecule has 0 unspecified atom stereocenters. The SMILES string of the molecule is Cc1cccc(C)c1-n1nnnc1CSc1nncc2ccccc12. The predicted octanol–water partition coefficient (Wildman–Crippen LogP) is 3.51. The molecule has 0 aliphatic rings. The van der Waals surface area contributed by atoms with Gasteiger partial charge in [-0.05, 0) is 35.4 Å². The van der Waals surface area contributed by atoms with Gasteiger partial charge in [0, 0.05) is 10.8 Å². The van der Waals surface area contributed by atoms with Gasteiger partial charge in [0.15, 0.2) is 5.82 Å². The Bertz CT molecular complexity index is 1020. The highest BCUT2D eigenvalue weighted by atomic mass is 32.2. The van der Waals surface area contributed by atoms with Crippen LogP contribution in [0.5, 0.6) is 0 Å². The molecule has 124 valence electrons. The first kappa shape index (κ1) is 15.7. The molecule has 2 heterocycles. The Morgan fingerprint density at radius 2 is 1.76 bits per heavy atom. The number of thioether (sulfide) groups is 1. The molecule has 2 aromatic carbocycles. The summed E-state index contributed by atoms with van der Waals surface area (Å²) in [6, 6.07) is 14.3. The van der Waals surface area contributed by atoms with Crippen molar-refractivity contribution in [3.63, 3.8) is 0 Å². The van der Waals surface area contributed by atoms with E-state index in [-0.39, 0.29) is 0 Å². The molecule has 4 aromatic rings. The highest BCUT2D eigenvalue weighted by molar-refractivity contribution is 7.98. The van der Waals surface area contributed by atoms with Crippen LogP contribution in [0.25, 0.3) is 16.5 Å². The molecule has 25 heavy (non-hydrogen) atoms. The second-order valence-electron chi connectivity index (χ2n) is 5.77. The molecule has 7 heteroatoms. The smallest absolute Gasteiger partial charge is 0.166 e. The average Bonchev–Trinajstić information content (AvgIpc) is 3.08. The summed E-state index contributed by atoms with van der Waals surface area (Å²) >= 11 is 1.59. The molecule has 0 aliphatic heterocycles. The normalized spacial score (nSPS) is 11.1. The lowest BCUT2D eigenvalue weighted by atomic mass is 10.1. The van der Waals surface area contributed by atoms with Gasteiger partial charge in [0.2, 0.25) is 0 Å². The maximum absolute atomic E-state index is 4.28. The number of fused-ring (bicyclic) bond motifs is 1. The summed E-state index contributed by atoms with van der Waals surface area (Å²) in [4.78, 5) is 0. The van der Waals surface area contributed by atoms with Crippen LogP contribution in [-0.2, 0) is 5.75 Å². The summed E-state index contributed by atoms with van der Waals surface area (Å²) in [6.45, 7) is 4.13. The minimum absolute atomic E-state index is 0.615. The van der Waals surface area contributed by atoms with Gasteiger partial charge >= 0.3 is 0 Å². The van der Waals surface area contributed by atoms with E-state index in [0.29, 0.717) is 5.75 Å². The fraction of sp³-hybridized carbons (Fsp3) is 0.167. The molecular formula is C18H16N6S. The zero-order valence-electron chi connectivity index (χ0n) is 13.9. The third-order valence-corrected chi connectivity index (χ3v) is 5.04. The van der Waals surface area contributed by atoms with Crippen molar-refractivity contribution in [2.45, 2.75) is 24.6 Å². The standard InChI is InChI=1S/C18H16N6S/c1-12-6-5-7-13(2)17(12)24-16(20-22-23-24)11-25-18-15-9-4-3-8-14(15)10-19-21-18/h3-10H,11H2,1-2H3. The Morgan fingerprint density at radius 1 is 0.960 bits per heavy atom. The number of tetrazole rings is 1. The Hall–Kier alpha value is -2.80. The van der Waals surface area contributed by atoms with Gasteiger partial charge in [-0.25, -0.2) is 0 Å². The van der Waals surface area contributed by atoms with Crippen LogP contribution < -0.4 is 0 Å². The summed E-state index contributed by atoms with van der Waals surface area (Å²) < 4.78 is 1.82. The van der Waals surface area contributed by atoms with Gasteiger partial charge in [0.1, 0.15) is 5.03 Å². The quantitative estimate of drug-likeness (QED) is 0.526. The zero-order valence-corrected chi connectivity index (χ0v) is 14.7. The van der Waals surface area contributed by atoms with Crippen LogP contribution in [0.15, 0.2) is 53.7 Å². The molecule has 0 bridgehead atoms. The first-order valence-electron chi connectivity index (χ1n) is 7.91. The summed E-state index contributed by atoms with van der Waals surface area (Å²) in [7, 11) is 0. The molecule has 0 amide bonds. The fourth-order valence-electron chi connectivity index (χ4n) is 2.85. The van der Waals surface area contributed by atoms with Crippen molar-refractivity contribution in [1.29, 1.82) is 0 Å². The Balaban J connectivity index is 1.66. The van der Waals surface area contributed by atoms with Gasteiger partial charge in [-0.1, -0.05) is 54.2 Å². The van der Waals surface area contributed by atoms with Gasteiger partial charge < -0.3 is 0 Å². The van der Waals surface area contributed by atoms with Crippen molar-refractivity contribution in [1.82, 2.24) is 30.4 Å². The lowest BCUT2D eigenvalue weighted by molar-refractivity contribution is 0.769. The van der Waals surface area contributed by atoms with Crippen LogP contribution in [0, 0.1) is 13.8 Å². The van der Waals surface area contributed by atoms with Crippen molar-refractivity contribution in [2.75, 3.05) is 0 Å². The zero-order chi connectivity index (χ0) is 17.2. The van der Waals surface area contributed by atoms with Gasteiger partial charge in [-0.15, -0.1) is 10.2 Å². The minimum Gasteiger partial charge on any atom is -0.196 e. The van der Waals surface area contributed by atoms with E-state index in [1.165, 1.54) is 0 Å². The number of aryl methyl sites for hydroxylation is 2. The topological polar surface area (TPSA) is 69.4 Å². The third-order valence-electron chi connectivity index (χ3n) is 4.06. The largest absolute Gasteiger partial charge is 0.196 e. The molecular weight excluding hydrogens is 332 g/mol. The van der Waals surface area contributed by atoms with Crippen LogP contribution in [0.1, 0.15) is 17.0 Å². The van der Waals surface area contributed by atoms with E-state index < -0.39 is 0 Å². The van der Waals surface area contributed by atoms with Crippen molar-refractivity contribution in [2.24, 2.45) is 0 Å². The summed E-state index contributed by atoms with van der Waals surface area (Å²) in [5.41, 5.74) is 3.32. The molecule has 6 nitrogen and oxygen atoms in total. The maximum Gasteiger partial charge on any atom is 0.166 e. The Labute approximate surface area is 149 Å². The van der Waals surface area contributed by atoms with E-state index in [1.54, 1.807) is 18.0 Å². The highest BCUT2D eigenvalue weighted by Crippen LogP contribution is 2.28. The third kappa shape index (κ3) is 2.98. The number of aromatic nitrogens is 6. The molecule has 0 spiro atoms. The van der Waals surface area contributed by atoms with Crippen molar-refractivity contribution < 1.29 is 0 Å². The number of benzene rings is 2. The second-order valence-corrected chi connectivity index (χ2v) is 6.74. The molecule has 2 aromatic heterocycles. The van der Waals surface area contributed by atoms with E-state index in [0.717, 1.165) is 38.4 Å². The molecule has 0 fully saturated rings. The molecule has 0 atom stereocenters. The van der Waals surface area contributed by atoms with Gasteiger partial charge in [-0.3, -0.25) is 0 Å². The first-order valence-corrected chi connectivity index (χ1v) is 8.89. The minimum atomic E-state index is 0.615. The van der Waals surface area contributed by atoms with E-state index in [4.69, 9.17) is 0 Å². The van der Waals surface area contributed by atoms with Gasteiger partial charge in [0.05, 0.1) is 17.6 Å². The number of rotatable bonds is 4. The number of para-hydroxylation sites is 1. The Kier molecular flexibility index (Phi) is 4.15.